The fraction of sp³-hybridized carbons (Fsp3) is 0.929. The first-order chi connectivity index (χ1) is 14.2. The van der Waals surface area contributed by atoms with Crippen LogP contribution in [0.15, 0.2) is 11.6 Å². The molecule has 0 amide bonds. The molecule has 3 saturated carbocycles. The molecule has 1 N–H and O–H groups in total. The summed E-state index contributed by atoms with van der Waals surface area (Å²) in [6.07, 6.45) is 15.5. The van der Waals surface area contributed by atoms with Gasteiger partial charge in [-0.15, -0.1) is 0 Å². The lowest BCUT2D eigenvalue weighted by atomic mass is 9.47. The molecule has 172 valence electrons. The van der Waals surface area contributed by atoms with Crippen molar-refractivity contribution >= 4 is 0 Å². The van der Waals surface area contributed by atoms with Crippen LogP contribution in [0.1, 0.15) is 98.8 Å². The van der Waals surface area contributed by atoms with E-state index >= 15 is 0 Å². The number of fused-ring (bicyclic) bond motifs is 5. The van der Waals surface area contributed by atoms with Gasteiger partial charge in [-0.3, -0.25) is 0 Å². The Morgan fingerprint density at radius 1 is 1.00 bits per heavy atom. The molecule has 0 aromatic rings. The monoisotopic (exact) mass is 416 g/mol. The molecule has 30 heavy (non-hydrogen) atoms. The van der Waals surface area contributed by atoms with Crippen LogP contribution in [0.5, 0.6) is 0 Å². The number of rotatable bonds is 6. The number of aliphatic hydroxyl groups is 1. The SMILES string of the molecule is COC1CCC2(C)C3CCC4(C)C(CCC4C(C)CCCC(C)C)C3=CC(O)C2C1. The predicted octanol–water partition coefficient (Wildman–Crippen LogP) is 7.01. The minimum Gasteiger partial charge on any atom is -0.389 e. The van der Waals surface area contributed by atoms with E-state index in [9.17, 15) is 5.11 Å². The maximum absolute atomic E-state index is 11.2. The Balaban J connectivity index is 1.53. The Bertz CT molecular complexity index is 639. The number of hydrogen-bond acceptors (Lipinski definition) is 2. The molecule has 3 fully saturated rings. The highest BCUT2D eigenvalue weighted by atomic mass is 16.5. The van der Waals surface area contributed by atoms with Crippen LogP contribution in [-0.4, -0.2) is 24.4 Å². The summed E-state index contributed by atoms with van der Waals surface area (Å²) in [5, 5.41) is 11.2. The molecule has 0 heterocycles. The summed E-state index contributed by atoms with van der Waals surface area (Å²) in [5.41, 5.74) is 2.38. The van der Waals surface area contributed by atoms with Crippen LogP contribution in [0.2, 0.25) is 0 Å². The Labute approximate surface area is 186 Å². The Kier molecular flexibility index (Phi) is 6.50. The van der Waals surface area contributed by atoms with Crippen molar-refractivity contribution in [2.24, 2.45) is 46.3 Å². The average Bonchev–Trinajstić information content (AvgIpc) is 3.05. The number of methoxy groups -OCH3 is 1. The molecule has 0 aliphatic heterocycles. The van der Waals surface area contributed by atoms with Gasteiger partial charge in [0.05, 0.1) is 12.2 Å². The lowest BCUT2D eigenvalue weighted by Crippen LogP contribution is -2.53. The lowest BCUT2D eigenvalue weighted by molar-refractivity contribution is -0.0914. The highest BCUT2D eigenvalue weighted by Crippen LogP contribution is 2.67. The summed E-state index contributed by atoms with van der Waals surface area (Å²) >= 11 is 0. The van der Waals surface area contributed by atoms with Crippen molar-refractivity contribution in [1.82, 2.24) is 0 Å². The fourth-order valence-electron chi connectivity index (χ4n) is 8.78. The van der Waals surface area contributed by atoms with Crippen molar-refractivity contribution in [3.8, 4) is 0 Å². The minimum absolute atomic E-state index is 0.265. The van der Waals surface area contributed by atoms with E-state index in [2.05, 4.69) is 40.7 Å². The average molecular weight is 417 g/mol. The summed E-state index contributed by atoms with van der Waals surface area (Å²) in [6, 6.07) is 0. The molecule has 0 bridgehead atoms. The van der Waals surface area contributed by atoms with Gasteiger partial charge in [-0.2, -0.15) is 0 Å². The van der Waals surface area contributed by atoms with Crippen molar-refractivity contribution < 1.29 is 9.84 Å². The third kappa shape index (κ3) is 3.72. The normalized spacial score (nSPS) is 46.7. The quantitative estimate of drug-likeness (QED) is 0.472. The Morgan fingerprint density at radius 2 is 1.70 bits per heavy atom. The van der Waals surface area contributed by atoms with Crippen molar-refractivity contribution in [2.45, 2.75) is 111 Å². The van der Waals surface area contributed by atoms with Crippen molar-refractivity contribution in [2.75, 3.05) is 7.11 Å². The van der Waals surface area contributed by atoms with Crippen LogP contribution in [-0.2, 0) is 4.74 Å². The van der Waals surface area contributed by atoms with E-state index in [4.69, 9.17) is 4.74 Å². The predicted molar refractivity (Wildman–Crippen MR) is 125 cm³/mol. The summed E-state index contributed by atoms with van der Waals surface area (Å²) < 4.78 is 5.71. The molecule has 0 spiro atoms. The maximum Gasteiger partial charge on any atom is 0.0758 e. The van der Waals surface area contributed by atoms with Crippen LogP contribution < -0.4 is 0 Å². The molecule has 2 heteroatoms. The molecule has 9 atom stereocenters. The zero-order valence-electron chi connectivity index (χ0n) is 20.6. The van der Waals surface area contributed by atoms with Crippen LogP contribution in [0.4, 0.5) is 0 Å². The van der Waals surface area contributed by atoms with Gasteiger partial charge in [0.25, 0.3) is 0 Å². The van der Waals surface area contributed by atoms with E-state index in [-0.39, 0.29) is 11.5 Å². The van der Waals surface area contributed by atoms with Gasteiger partial charge in [0, 0.05) is 7.11 Å². The third-order valence-corrected chi connectivity index (χ3v) is 10.6. The lowest BCUT2D eigenvalue weighted by Gasteiger charge is -2.59. The second kappa shape index (κ2) is 8.54. The van der Waals surface area contributed by atoms with Gasteiger partial charge in [0.2, 0.25) is 0 Å². The summed E-state index contributed by atoms with van der Waals surface area (Å²) in [6.45, 7) is 12.4. The standard InChI is InChI=1S/C28H48O2/c1-18(2)8-7-9-19(3)22-10-11-23-21-17-26(29)25-16-20(30-6)12-14-28(25,5)24(21)13-15-27(22,23)4/h17-20,22-26,29H,7-16H2,1-6H3. The van der Waals surface area contributed by atoms with E-state index in [0.29, 0.717) is 29.3 Å². The smallest absolute Gasteiger partial charge is 0.0758 e. The molecular formula is C28H48O2. The molecule has 4 aliphatic rings. The molecule has 0 aromatic carbocycles. The highest BCUT2D eigenvalue weighted by molar-refractivity contribution is 5.29. The van der Waals surface area contributed by atoms with E-state index in [1.54, 1.807) is 5.57 Å². The van der Waals surface area contributed by atoms with Crippen molar-refractivity contribution in [3.63, 3.8) is 0 Å². The molecule has 2 nitrogen and oxygen atoms in total. The zero-order chi connectivity index (χ0) is 21.7. The van der Waals surface area contributed by atoms with E-state index < -0.39 is 0 Å². The van der Waals surface area contributed by atoms with E-state index in [1.165, 1.54) is 51.4 Å². The molecule has 9 unspecified atom stereocenters. The molecule has 4 rings (SSSR count). The summed E-state index contributed by atoms with van der Waals surface area (Å²) in [7, 11) is 1.84. The molecular weight excluding hydrogens is 368 g/mol. The first-order valence-corrected chi connectivity index (χ1v) is 13.1. The van der Waals surface area contributed by atoms with Gasteiger partial charge in [-0.1, -0.05) is 65.5 Å². The van der Waals surface area contributed by atoms with Gasteiger partial charge in [0.15, 0.2) is 0 Å². The third-order valence-electron chi connectivity index (χ3n) is 10.6. The second-order valence-corrected chi connectivity index (χ2v) is 12.5. The molecule has 0 radical (unpaired) electrons. The van der Waals surface area contributed by atoms with Gasteiger partial charge in [0.1, 0.15) is 0 Å². The van der Waals surface area contributed by atoms with Crippen molar-refractivity contribution in [3.05, 3.63) is 11.6 Å². The van der Waals surface area contributed by atoms with Crippen LogP contribution >= 0.6 is 0 Å². The number of aliphatic hydroxyl groups excluding tert-OH is 1. The van der Waals surface area contributed by atoms with Gasteiger partial charge in [-0.25, -0.2) is 0 Å². The Morgan fingerprint density at radius 3 is 2.40 bits per heavy atom. The van der Waals surface area contributed by atoms with Gasteiger partial charge in [-0.05, 0) is 91.3 Å². The molecule has 0 saturated heterocycles. The topological polar surface area (TPSA) is 29.5 Å². The summed E-state index contributed by atoms with van der Waals surface area (Å²) in [4.78, 5) is 0. The van der Waals surface area contributed by atoms with Gasteiger partial charge < -0.3 is 9.84 Å². The summed E-state index contributed by atoms with van der Waals surface area (Å²) in [5.74, 6) is 4.31. The maximum atomic E-state index is 11.2. The van der Waals surface area contributed by atoms with E-state index in [0.717, 1.165) is 30.6 Å². The first-order valence-electron chi connectivity index (χ1n) is 13.1. The zero-order valence-corrected chi connectivity index (χ0v) is 20.6. The second-order valence-electron chi connectivity index (χ2n) is 12.5. The van der Waals surface area contributed by atoms with Crippen LogP contribution in [0, 0.1) is 46.3 Å². The van der Waals surface area contributed by atoms with Gasteiger partial charge >= 0.3 is 0 Å². The van der Waals surface area contributed by atoms with Crippen LogP contribution in [0.3, 0.4) is 0 Å². The van der Waals surface area contributed by atoms with Crippen LogP contribution in [0.25, 0.3) is 0 Å². The molecule has 0 aromatic heterocycles. The first kappa shape index (κ1) is 22.8. The van der Waals surface area contributed by atoms with E-state index in [1.807, 2.05) is 7.11 Å². The highest BCUT2D eigenvalue weighted by Gasteiger charge is 2.59. The number of ether oxygens (including phenoxy) is 1. The Hall–Kier alpha value is -0.340. The number of hydrogen-bond donors (Lipinski definition) is 1. The number of allylic oxidation sites excluding steroid dienone is 1. The molecule has 4 aliphatic carbocycles. The minimum atomic E-state index is -0.274. The fourth-order valence-corrected chi connectivity index (χ4v) is 8.78. The largest absolute Gasteiger partial charge is 0.389 e. The van der Waals surface area contributed by atoms with Crippen molar-refractivity contribution in [1.29, 1.82) is 0 Å².